The third-order valence-corrected chi connectivity index (χ3v) is 8.84. The summed E-state index contributed by atoms with van der Waals surface area (Å²) >= 11 is 0. The highest BCUT2D eigenvalue weighted by Gasteiger charge is 2.22. The lowest BCUT2D eigenvalue weighted by molar-refractivity contribution is 0.0992. The maximum absolute atomic E-state index is 13.6. The topological polar surface area (TPSA) is 99.2 Å². The SMILES string of the molecule is COc1cc2c(cc1OC)CN(CCc1ccc(NC(=O)c3cc(OC)c(OC)cc3CC(=O)c3cnc4ccccc4c3)cc1)CC2. The molecule has 4 aromatic carbocycles. The first-order valence-electron chi connectivity index (χ1n) is 15.9. The predicted molar refractivity (Wildman–Crippen MR) is 186 cm³/mol. The predicted octanol–water partition coefficient (Wildman–Crippen LogP) is 6.55. The molecule has 1 aliphatic rings. The van der Waals surface area contributed by atoms with Gasteiger partial charge in [0.2, 0.25) is 0 Å². The zero-order valence-corrected chi connectivity index (χ0v) is 27.7. The van der Waals surface area contributed by atoms with Crippen LogP contribution in [0.4, 0.5) is 5.69 Å². The number of anilines is 1. The number of hydrogen-bond donors (Lipinski definition) is 1. The Hall–Kier alpha value is -5.41. The van der Waals surface area contributed by atoms with Crippen LogP contribution in [0.25, 0.3) is 10.9 Å². The first-order chi connectivity index (χ1) is 23.4. The van der Waals surface area contributed by atoms with Crippen LogP contribution in [0.1, 0.15) is 43.0 Å². The fourth-order valence-corrected chi connectivity index (χ4v) is 6.15. The van der Waals surface area contributed by atoms with Gasteiger partial charge in [-0.3, -0.25) is 19.5 Å². The van der Waals surface area contributed by atoms with E-state index in [0.717, 1.165) is 54.9 Å². The van der Waals surface area contributed by atoms with Gasteiger partial charge in [-0.15, -0.1) is 0 Å². The van der Waals surface area contributed by atoms with Crippen molar-refractivity contribution in [2.24, 2.45) is 0 Å². The Morgan fingerprint density at radius 3 is 2.19 bits per heavy atom. The van der Waals surface area contributed by atoms with Crippen LogP contribution in [-0.2, 0) is 25.8 Å². The minimum Gasteiger partial charge on any atom is -0.493 e. The Balaban J connectivity index is 1.12. The third kappa shape index (κ3) is 7.11. The second kappa shape index (κ2) is 14.6. The van der Waals surface area contributed by atoms with E-state index in [1.807, 2.05) is 54.6 Å². The van der Waals surface area contributed by atoms with Gasteiger partial charge in [-0.25, -0.2) is 0 Å². The van der Waals surface area contributed by atoms with Gasteiger partial charge >= 0.3 is 0 Å². The van der Waals surface area contributed by atoms with E-state index in [0.29, 0.717) is 33.9 Å². The number of Topliss-reactive ketones (excluding diaryl/α,β-unsaturated/α-hetero) is 1. The summed E-state index contributed by atoms with van der Waals surface area (Å²) in [6, 6.07) is 24.8. The lowest BCUT2D eigenvalue weighted by Gasteiger charge is -2.29. The maximum atomic E-state index is 13.6. The number of nitrogens with one attached hydrogen (secondary N) is 1. The van der Waals surface area contributed by atoms with Crippen molar-refractivity contribution in [1.82, 2.24) is 9.88 Å². The van der Waals surface area contributed by atoms with Crippen LogP contribution in [0, 0.1) is 0 Å². The highest BCUT2D eigenvalue weighted by molar-refractivity contribution is 6.08. The number of nitrogens with zero attached hydrogens (tertiary/aromatic N) is 2. The van der Waals surface area contributed by atoms with Crippen molar-refractivity contribution in [3.63, 3.8) is 0 Å². The number of methoxy groups -OCH3 is 4. The number of amides is 1. The van der Waals surface area contributed by atoms with Crippen LogP contribution in [0.2, 0.25) is 0 Å². The molecule has 0 fully saturated rings. The zero-order valence-electron chi connectivity index (χ0n) is 27.7. The van der Waals surface area contributed by atoms with E-state index < -0.39 is 0 Å². The molecule has 0 atom stereocenters. The Kier molecular flexibility index (Phi) is 9.87. The van der Waals surface area contributed by atoms with Gasteiger partial charge in [-0.05, 0) is 83.6 Å². The molecular formula is C39H39N3O6. The molecule has 9 heteroatoms. The van der Waals surface area contributed by atoms with E-state index in [-0.39, 0.29) is 18.1 Å². The van der Waals surface area contributed by atoms with E-state index >= 15 is 0 Å². The van der Waals surface area contributed by atoms with Crippen molar-refractivity contribution in [2.75, 3.05) is 46.8 Å². The maximum Gasteiger partial charge on any atom is 0.256 e. The molecule has 1 amide bonds. The van der Waals surface area contributed by atoms with E-state index in [2.05, 4.69) is 27.3 Å². The number of rotatable bonds is 12. The number of hydrogen-bond acceptors (Lipinski definition) is 8. The van der Waals surface area contributed by atoms with E-state index in [4.69, 9.17) is 18.9 Å². The molecule has 0 saturated heterocycles. The number of carbonyl (C=O) groups excluding carboxylic acids is 2. The molecule has 9 nitrogen and oxygen atoms in total. The normalized spacial score (nSPS) is 12.7. The van der Waals surface area contributed by atoms with Gasteiger partial charge in [0.1, 0.15) is 0 Å². The van der Waals surface area contributed by atoms with Crippen LogP contribution >= 0.6 is 0 Å². The van der Waals surface area contributed by atoms with Crippen LogP contribution in [0.5, 0.6) is 23.0 Å². The number of pyridine rings is 1. The van der Waals surface area contributed by atoms with Crippen molar-refractivity contribution >= 4 is 28.3 Å². The van der Waals surface area contributed by atoms with Crippen LogP contribution in [-0.4, -0.2) is 63.1 Å². The molecule has 48 heavy (non-hydrogen) atoms. The minimum absolute atomic E-state index is 0.0105. The van der Waals surface area contributed by atoms with Gasteiger partial charge in [0.25, 0.3) is 5.91 Å². The number of carbonyl (C=O) groups is 2. The molecule has 0 aliphatic carbocycles. The minimum atomic E-state index is -0.345. The largest absolute Gasteiger partial charge is 0.493 e. The summed E-state index contributed by atoms with van der Waals surface area (Å²) in [7, 11) is 6.37. The molecule has 1 aliphatic heterocycles. The Morgan fingerprint density at radius 2 is 1.46 bits per heavy atom. The van der Waals surface area contributed by atoms with Crippen molar-refractivity contribution < 1.29 is 28.5 Å². The van der Waals surface area contributed by atoms with E-state index in [1.165, 1.54) is 30.9 Å². The average molecular weight is 646 g/mol. The van der Waals surface area contributed by atoms with Crippen LogP contribution < -0.4 is 24.3 Å². The second-order valence-corrected chi connectivity index (χ2v) is 11.8. The number of benzene rings is 4. The number of aromatic nitrogens is 1. The zero-order chi connectivity index (χ0) is 33.6. The molecule has 6 rings (SSSR count). The van der Waals surface area contributed by atoms with Crippen LogP contribution in [0.15, 0.2) is 85.1 Å². The van der Waals surface area contributed by atoms with Crippen molar-refractivity contribution in [2.45, 2.75) is 25.8 Å². The summed E-state index contributed by atoms with van der Waals surface area (Å²) in [4.78, 5) is 33.9. The number of ketones is 1. The van der Waals surface area contributed by atoms with Crippen molar-refractivity contribution in [1.29, 1.82) is 0 Å². The highest BCUT2D eigenvalue weighted by Crippen LogP contribution is 2.34. The van der Waals surface area contributed by atoms with Gasteiger partial charge in [0.05, 0.1) is 34.0 Å². The standard InChI is InChI=1S/C39H39N3O6/c1-45-35-19-26-14-16-42(24-30(26)21-37(35)47-3)15-13-25-9-11-31(12-10-25)41-39(44)32-22-38(48-4)36(46-2)20-28(32)18-34(43)29-17-27-7-5-6-8-33(27)40-23-29/h5-12,17,19-23H,13-16,18,24H2,1-4H3,(H,41,44). The summed E-state index contributed by atoms with van der Waals surface area (Å²) in [5.41, 5.74) is 6.54. The number of fused-ring (bicyclic) bond motifs is 2. The fourth-order valence-electron chi connectivity index (χ4n) is 6.15. The average Bonchev–Trinajstić information content (AvgIpc) is 3.13. The quantitative estimate of drug-likeness (QED) is 0.153. The summed E-state index contributed by atoms with van der Waals surface area (Å²) < 4.78 is 22.0. The smallest absolute Gasteiger partial charge is 0.256 e. The summed E-state index contributed by atoms with van der Waals surface area (Å²) in [6.07, 6.45) is 3.40. The fraction of sp³-hybridized carbons (Fsp3) is 0.256. The molecule has 2 heterocycles. The molecular weight excluding hydrogens is 606 g/mol. The molecule has 0 radical (unpaired) electrons. The first kappa shape index (κ1) is 32.5. The van der Waals surface area contributed by atoms with Gasteiger partial charge in [-0.2, -0.15) is 0 Å². The second-order valence-electron chi connectivity index (χ2n) is 11.8. The number of para-hydroxylation sites is 1. The monoisotopic (exact) mass is 645 g/mol. The van der Waals surface area contributed by atoms with Crippen LogP contribution in [0.3, 0.4) is 0 Å². The third-order valence-electron chi connectivity index (χ3n) is 8.84. The van der Waals surface area contributed by atoms with Gasteiger partial charge in [-0.1, -0.05) is 30.3 Å². The summed E-state index contributed by atoms with van der Waals surface area (Å²) in [5.74, 6) is 1.86. The van der Waals surface area contributed by atoms with Gasteiger partial charge in [0.15, 0.2) is 28.8 Å². The lowest BCUT2D eigenvalue weighted by atomic mass is 9.97. The molecule has 5 aromatic rings. The molecule has 1 aromatic heterocycles. The summed E-state index contributed by atoms with van der Waals surface area (Å²) in [5, 5.41) is 3.87. The Labute approximate surface area is 280 Å². The van der Waals surface area contributed by atoms with E-state index in [9.17, 15) is 9.59 Å². The van der Waals surface area contributed by atoms with Crippen molar-refractivity contribution in [3.8, 4) is 23.0 Å². The molecule has 0 bridgehead atoms. The summed E-state index contributed by atoms with van der Waals surface area (Å²) in [6.45, 7) is 2.75. The van der Waals surface area contributed by atoms with E-state index in [1.54, 1.807) is 32.5 Å². The Bertz CT molecular complexity index is 1960. The van der Waals surface area contributed by atoms with Gasteiger partial charge in [0, 0.05) is 54.5 Å². The molecule has 0 spiro atoms. The molecule has 1 N–H and O–H groups in total. The first-order valence-corrected chi connectivity index (χ1v) is 15.9. The molecule has 246 valence electrons. The van der Waals surface area contributed by atoms with Gasteiger partial charge < -0.3 is 24.3 Å². The molecule has 0 saturated carbocycles. The lowest BCUT2D eigenvalue weighted by Crippen LogP contribution is -2.32. The number of ether oxygens (including phenoxy) is 4. The Morgan fingerprint density at radius 1 is 0.792 bits per heavy atom. The molecule has 0 unspecified atom stereocenters. The highest BCUT2D eigenvalue weighted by atomic mass is 16.5. The van der Waals surface area contributed by atoms with Crippen molar-refractivity contribution in [3.05, 3.63) is 118 Å².